The van der Waals surface area contributed by atoms with Gasteiger partial charge in [0, 0.05) is 13.2 Å². The van der Waals surface area contributed by atoms with Crippen LogP contribution in [0, 0.1) is 0 Å². The maximum absolute atomic E-state index is 9.92. The van der Waals surface area contributed by atoms with Crippen molar-refractivity contribution in [3.63, 3.8) is 0 Å². The van der Waals surface area contributed by atoms with Crippen LogP contribution in [0.4, 0.5) is 0 Å². The van der Waals surface area contributed by atoms with Gasteiger partial charge in [-0.25, -0.2) is 0 Å². The largest absolute Gasteiger partial charge is 0.386 e. The highest BCUT2D eigenvalue weighted by Gasteiger charge is 2.19. The topological polar surface area (TPSA) is 50.7 Å². The van der Waals surface area contributed by atoms with Crippen molar-refractivity contribution >= 4 is 0 Å². The zero-order valence-electron chi connectivity index (χ0n) is 10.9. The Morgan fingerprint density at radius 1 is 1.06 bits per heavy atom. The predicted molar refractivity (Wildman–Crippen MR) is 65.7 cm³/mol. The van der Waals surface area contributed by atoms with E-state index < -0.39 is 5.60 Å². The summed E-state index contributed by atoms with van der Waals surface area (Å²) < 4.78 is 10.6. The summed E-state index contributed by atoms with van der Waals surface area (Å²) in [6, 6.07) is 0. The summed E-state index contributed by atoms with van der Waals surface area (Å²) in [5, 5.41) is 13.1. The van der Waals surface area contributed by atoms with Crippen LogP contribution in [0.3, 0.4) is 0 Å². The van der Waals surface area contributed by atoms with Gasteiger partial charge in [0.1, 0.15) is 0 Å². The van der Waals surface area contributed by atoms with Crippen molar-refractivity contribution in [2.24, 2.45) is 0 Å². The van der Waals surface area contributed by atoms with Crippen molar-refractivity contribution in [1.82, 2.24) is 5.32 Å². The number of ether oxygens (including phenoxy) is 2. The average Bonchev–Trinajstić information content (AvgIpc) is 2.23. The highest BCUT2D eigenvalue weighted by atomic mass is 16.5. The van der Waals surface area contributed by atoms with Crippen LogP contribution in [-0.4, -0.2) is 50.2 Å². The maximum atomic E-state index is 9.92. The Labute approximate surface area is 99.3 Å². The van der Waals surface area contributed by atoms with Gasteiger partial charge in [-0.1, -0.05) is 13.8 Å². The molecule has 4 nitrogen and oxygen atoms in total. The first-order chi connectivity index (χ1) is 7.62. The van der Waals surface area contributed by atoms with Crippen LogP contribution in [-0.2, 0) is 9.47 Å². The Kier molecular flexibility index (Phi) is 9.92. The van der Waals surface area contributed by atoms with Crippen LogP contribution >= 0.6 is 0 Å². The molecule has 0 spiro atoms. The van der Waals surface area contributed by atoms with E-state index in [1.807, 2.05) is 0 Å². The van der Waals surface area contributed by atoms with Gasteiger partial charge in [0.05, 0.1) is 25.4 Å². The summed E-state index contributed by atoms with van der Waals surface area (Å²) in [5.74, 6) is 0. The molecule has 0 aliphatic carbocycles. The molecular weight excluding hydrogens is 206 g/mol. The molecule has 1 unspecified atom stereocenters. The third kappa shape index (κ3) is 10.4. The van der Waals surface area contributed by atoms with E-state index in [4.69, 9.17) is 9.47 Å². The molecule has 0 fully saturated rings. The smallest absolute Gasteiger partial charge is 0.0975 e. The first kappa shape index (κ1) is 15.8. The molecule has 0 aromatic rings. The van der Waals surface area contributed by atoms with E-state index in [1.165, 1.54) is 0 Å². The third-order valence-electron chi connectivity index (χ3n) is 2.07. The van der Waals surface area contributed by atoms with Gasteiger partial charge in [-0.2, -0.15) is 0 Å². The maximum Gasteiger partial charge on any atom is 0.0975 e. The van der Waals surface area contributed by atoms with Crippen LogP contribution in [0.1, 0.15) is 33.6 Å². The lowest BCUT2D eigenvalue weighted by Crippen LogP contribution is -2.42. The molecule has 0 saturated heterocycles. The minimum Gasteiger partial charge on any atom is -0.386 e. The molecule has 2 N–H and O–H groups in total. The molecule has 0 rings (SSSR count). The molecule has 16 heavy (non-hydrogen) atoms. The van der Waals surface area contributed by atoms with E-state index >= 15 is 0 Å². The van der Waals surface area contributed by atoms with E-state index in [0.717, 1.165) is 26.0 Å². The molecule has 0 aromatic carbocycles. The number of hydrogen-bond acceptors (Lipinski definition) is 4. The summed E-state index contributed by atoms with van der Waals surface area (Å²) in [5.41, 5.74) is -0.792. The lowest BCUT2D eigenvalue weighted by molar-refractivity contribution is -0.0462. The molecule has 1 atom stereocenters. The molecule has 98 valence electrons. The quantitative estimate of drug-likeness (QED) is 0.526. The zero-order valence-corrected chi connectivity index (χ0v) is 10.9. The summed E-state index contributed by atoms with van der Waals surface area (Å²) >= 11 is 0. The Morgan fingerprint density at radius 2 is 1.75 bits per heavy atom. The lowest BCUT2D eigenvalue weighted by Gasteiger charge is -2.23. The predicted octanol–water partition coefficient (Wildman–Crippen LogP) is 1.18. The zero-order chi connectivity index (χ0) is 12.3. The minimum absolute atomic E-state index is 0.346. The third-order valence-corrected chi connectivity index (χ3v) is 2.07. The first-order valence-electron chi connectivity index (χ1n) is 6.21. The number of aliphatic hydroxyl groups is 1. The van der Waals surface area contributed by atoms with Crippen molar-refractivity contribution in [2.45, 2.75) is 39.2 Å². The fourth-order valence-electron chi connectivity index (χ4n) is 1.24. The van der Waals surface area contributed by atoms with Gasteiger partial charge in [-0.15, -0.1) is 0 Å². The fraction of sp³-hybridized carbons (Fsp3) is 1.00. The summed E-state index contributed by atoms with van der Waals surface area (Å²) in [6.07, 6.45) is 2.10. The number of hydrogen-bond donors (Lipinski definition) is 2. The SMILES string of the molecule is CCCNCC(C)(O)COCCOCCC. The van der Waals surface area contributed by atoms with Gasteiger partial charge < -0.3 is 19.9 Å². The van der Waals surface area contributed by atoms with Gasteiger partial charge in [-0.3, -0.25) is 0 Å². The van der Waals surface area contributed by atoms with Gasteiger partial charge in [0.15, 0.2) is 0 Å². The lowest BCUT2D eigenvalue weighted by atomic mass is 10.1. The van der Waals surface area contributed by atoms with Gasteiger partial charge in [-0.05, 0) is 26.3 Å². The Bertz CT molecular complexity index is 151. The number of rotatable bonds is 11. The number of nitrogens with one attached hydrogen (secondary N) is 1. The Hall–Kier alpha value is -0.160. The molecule has 0 saturated carbocycles. The fourth-order valence-corrected chi connectivity index (χ4v) is 1.24. The molecule has 0 aromatic heterocycles. The van der Waals surface area contributed by atoms with E-state index in [1.54, 1.807) is 6.92 Å². The monoisotopic (exact) mass is 233 g/mol. The Balaban J connectivity index is 3.35. The van der Waals surface area contributed by atoms with E-state index in [2.05, 4.69) is 19.2 Å². The second-order valence-corrected chi connectivity index (χ2v) is 4.34. The second kappa shape index (κ2) is 10.0. The highest BCUT2D eigenvalue weighted by molar-refractivity contribution is 4.74. The van der Waals surface area contributed by atoms with Crippen LogP contribution in [0.15, 0.2) is 0 Å². The van der Waals surface area contributed by atoms with Crippen LogP contribution in [0.25, 0.3) is 0 Å². The average molecular weight is 233 g/mol. The van der Waals surface area contributed by atoms with Crippen molar-refractivity contribution in [3.8, 4) is 0 Å². The highest BCUT2D eigenvalue weighted by Crippen LogP contribution is 2.02. The first-order valence-corrected chi connectivity index (χ1v) is 6.21. The summed E-state index contributed by atoms with van der Waals surface area (Å²) in [4.78, 5) is 0. The van der Waals surface area contributed by atoms with Crippen LogP contribution < -0.4 is 5.32 Å². The van der Waals surface area contributed by atoms with E-state index in [9.17, 15) is 5.11 Å². The second-order valence-electron chi connectivity index (χ2n) is 4.34. The Morgan fingerprint density at radius 3 is 2.38 bits per heavy atom. The molecule has 0 bridgehead atoms. The standard InChI is InChI=1S/C12H27NO3/c1-4-6-13-10-12(3,14)11-16-9-8-15-7-5-2/h13-14H,4-11H2,1-3H3. The molecule has 0 heterocycles. The van der Waals surface area contributed by atoms with Crippen molar-refractivity contribution in [3.05, 3.63) is 0 Å². The van der Waals surface area contributed by atoms with Crippen LogP contribution in [0.5, 0.6) is 0 Å². The molecule has 0 aliphatic rings. The molecular formula is C12H27NO3. The van der Waals surface area contributed by atoms with Crippen molar-refractivity contribution in [1.29, 1.82) is 0 Å². The van der Waals surface area contributed by atoms with E-state index in [0.29, 0.717) is 26.4 Å². The summed E-state index contributed by atoms with van der Waals surface area (Å²) in [7, 11) is 0. The van der Waals surface area contributed by atoms with Crippen molar-refractivity contribution < 1.29 is 14.6 Å². The van der Waals surface area contributed by atoms with Crippen molar-refractivity contribution in [2.75, 3.05) is 39.5 Å². The van der Waals surface area contributed by atoms with Gasteiger partial charge >= 0.3 is 0 Å². The summed E-state index contributed by atoms with van der Waals surface area (Å²) in [6.45, 7) is 9.72. The molecule has 4 heteroatoms. The van der Waals surface area contributed by atoms with Crippen LogP contribution in [0.2, 0.25) is 0 Å². The minimum atomic E-state index is -0.792. The normalized spacial score (nSPS) is 15.0. The molecule has 0 radical (unpaired) electrons. The molecule has 0 amide bonds. The van der Waals surface area contributed by atoms with E-state index in [-0.39, 0.29) is 0 Å². The molecule has 0 aliphatic heterocycles. The van der Waals surface area contributed by atoms with Gasteiger partial charge in [0.25, 0.3) is 0 Å². The van der Waals surface area contributed by atoms with Gasteiger partial charge in [0.2, 0.25) is 0 Å².